The van der Waals surface area contributed by atoms with Crippen LogP contribution in [0.4, 0.5) is 5.69 Å². The fourth-order valence-corrected chi connectivity index (χ4v) is 1.87. The highest BCUT2D eigenvalue weighted by atomic mass is 16.2. The van der Waals surface area contributed by atoms with Gasteiger partial charge in [-0.1, -0.05) is 31.4 Å². The maximum atomic E-state index is 12.3. The highest BCUT2D eigenvalue weighted by molar-refractivity contribution is 5.99. The van der Waals surface area contributed by atoms with Crippen molar-refractivity contribution < 1.29 is 4.79 Å². The molecule has 0 heterocycles. The molecule has 18 heavy (non-hydrogen) atoms. The van der Waals surface area contributed by atoms with Crippen molar-refractivity contribution in [1.29, 1.82) is 0 Å². The molecule has 0 aliphatic carbocycles. The number of benzene rings is 1. The lowest BCUT2D eigenvalue weighted by atomic mass is 10.1. The molecule has 1 aromatic carbocycles. The SMILES string of the molecule is CCCCCN(C)C(=O)c1cc(C)ccc1NN. The lowest BCUT2D eigenvalue weighted by Gasteiger charge is -2.19. The molecule has 3 N–H and O–H groups in total. The first-order valence-corrected chi connectivity index (χ1v) is 6.42. The van der Waals surface area contributed by atoms with Crippen LogP contribution in [0.3, 0.4) is 0 Å². The van der Waals surface area contributed by atoms with Gasteiger partial charge in [0.05, 0.1) is 11.3 Å². The van der Waals surface area contributed by atoms with Crippen LogP contribution in [-0.2, 0) is 0 Å². The number of hydrogen-bond acceptors (Lipinski definition) is 3. The largest absolute Gasteiger partial charge is 0.342 e. The molecular weight excluding hydrogens is 226 g/mol. The maximum Gasteiger partial charge on any atom is 0.255 e. The van der Waals surface area contributed by atoms with Crippen LogP contribution in [0.2, 0.25) is 0 Å². The van der Waals surface area contributed by atoms with Crippen LogP contribution in [0.25, 0.3) is 0 Å². The van der Waals surface area contributed by atoms with Gasteiger partial charge >= 0.3 is 0 Å². The van der Waals surface area contributed by atoms with Crippen molar-refractivity contribution in [2.75, 3.05) is 19.0 Å². The van der Waals surface area contributed by atoms with E-state index in [1.165, 1.54) is 0 Å². The second kappa shape index (κ2) is 7.01. The number of aryl methyl sites for hydroxylation is 1. The molecule has 0 bridgehead atoms. The zero-order chi connectivity index (χ0) is 13.5. The van der Waals surface area contributed by atoms with E-state index in [4.69, 9.17) is 5.84 Å². The summed E-state index contributed by atoms with van der Waals surface area (Å²) in [6.45, 7) is 4.90. The molecule has 0 spiro atoms. The van der Waals surface area contributed by atoms with Crippen molar-refractivity contribution in [2.24, 2.45) is 5.84 Å². The Labute approximate surface area is 109 Å². The number of rotatable bonds is 6. The fraction of sp³-hybridized carbons (Fsp3) is 0.500. The molecule has 0 radical (unpaired) electrons. The second-order valence-electron chi connectivity index (χ2n) is 4.63. The first-order chi connectivity index (χ1) is 8.60. The summed E-state index contributed by atoms with van der Waals surface area (Å²) in [5.41, 5.74) is 4.94. The second-order valence-corrected chi connectivity index (χ2v) is 4.63. The third kappa shape index (κ3) is 3.74. The van der Waals surface area contributed by atoms with Crippen LogP contribution < -0.4 is 11.3 Å². The van der Waals surface area contributed by atoms with Gasteiger partial charge in [0, 0.05) is 13.6 Å². The van der Waals surface area contributed by atoms with Crippen LogP contribution >= 0.6 is 0 Å². The normalized spacial score (nSPS) is 10.2. The van der Waals surface area contributed by atoms with Gasteiger partial charge in [0.2, 0.25) is 0 Å². The Balaban J connectivity index is 2.79. The summed E-state index contributed by atoms with van der Waals surface area (Å²) < 4.78 is 0. The zero-order valence-electron chi connectivity index (χ0n) is 11.5. The molecule has 1 amide bonds. The number of hydrogen-bond donors (Lipinski definition) is 2. The summed E-state index contributed by atoms with van der Waals surface area (Å²) in [6, 6.07) is 5.64. The predicted molar refractivity (Wildman–Crippen MR) is 75.5 cm³/mol. The number of hydrazine groups is 1. The Kier molecular flexibility index (Phi) is 5.65. The number of carbonyl (C=O) groups is 1. The molecule has 4 nitrogen and oxygen atoms in total. The molecule has 0 aromatic heterocycles. The summed E-state index contributed by atoms with van der Waals surface area (Å²) in [4.78, 5) is 14.1. The zero-order valence-corrected chi connectivity index (χ0v) is 11.5. The van der Waals surface area contributed by atoms with Gasteiger partial charge in [-0.3, -0.25) is 10.6 Å². The van der Waals surface area contributed by atoms with E-state index >= 15 is 0 Å². The topological polar surface area (TPSA) is 58.4 Å². The minimum atomic E-state index is 0.0164. The number of anilines is 1. The summed E-state index contributed by atoms with van der Waals surface area (Å²) in [5, 5.41) is 0. The van der Waals surface area contributed by atoms with Crippen LogP contribution in [-0.4, -0.2) is 24.4 Å². The molecule has 0 unspecified atom stereocenters. The Bertz CT molecular complexity index is 404. The predicted octanol–water partition coefficient (Wildman–Crippen LogP) is 2.54. The van der Waals surface area contributed by atoms with Gasteiger partial charge in [0.25, 0.3) is 5.91 Å². The van der Waals surface area contributed by atoms with Crippen molar-refractivity contribution in [3.05, 3.63) is 29.3 Å². The number of amides is 1. The third-order valence-electron chi connectivity index (χ3n) is 3.00. The van der Waals surface area contributed by atoms with Crippen molar-refractivity contribution in [1.82, 2.24) is 4.90 Å². The van der Waals surface area contributed by atoms with Gasteiger partial charge in [0.15, 0.2) is 0 Å². The van der Waals surface area contributed by atoms with Crippen molar-refractivity contribution >= 4 is 11.6 Å². The molecule has 0 aliphatic heterocycles. The van der Waals surface area contributed by atoms with Gasteiger partial charge in [-0.05, 0) is 25.5 Å². The number of carbonyl (C=O) groups excluding carboxylic acids is 1. The van der Waals surface area contributed by atoms with Crippen molar-refractivity contribution in [2.45, 2.75) is 33.1 Å². The number of nitrogens with two attached hydrogens (primary N) is 1. The van der Waals surface area contributed by atoms with Crippen LogP contribution in [0.1, 0.15) is 42.1 Å². The van der Waals surface area contributed by atoms with E-state index in [0.29, 0.717) is 11.3 Å². The van der Waals surface area contributed by atoms with Gasteiger partial charge in [-0.2, -0.15) is 0 Å². The first kappa shape index (κ1) is 14.5. The Morgan fingerprint density at radius 2 is 2.11 bits per heavy atom. The average molecular weight is 249 g/mol. The standard InChI is InChI=1S/C14H23N3O/c1-4-5-6-9-17(3)14(18)12-10-11(2)7-8-13(12)16-15/h7-8,10,16H,4-6,9,15H2,1-3H3. The van der Waals surface area contributed by atoms with E-state index in [0.717, 1.165) is 31.4 Å². The molecule has 1 rings (SSSR count). The maximum absolute atomic E-state index is 12.3. The van der Waals surface area contributed by atoms with E-state index in [-0.39, 0.29) is 5.91 Å². The number of nitrogens with one attached hydrogen (secondary N) is 1. The molecule has 0 fully saturated rings. The van der Waals surface area contributed by atoms with Gasteiger partial charge in [0.1, 0.15) is 0 Å². The van der Waals surface area contributed by atoms with E-state index in [2.05, 4.69) is 12.3 Å². The minimum Gasteiger partial charge on any atom is -0.342 e. The van der Waals surface area contributed by atoms with E-state index < -0.39 is 0 Å². The summed E-state index contributed by atoms with van der Waals surface area (Å²) in [5.74, 6) is 5.46. The quantitative estimate of drug-likeness (QED) is 0.463. The smallest absolute Gasteiger partial charge is 0.255 e. The van der Waals surface area contributed by atoms with Gasteiger partial charge in [-0.25, -0.2) is 0 Å². The van der Waals surface area contributed by atoms with Gasteiger partial charge < -0.3 is 10.3 Å². The molecule has 0 saturated carbocycles. The molecule has 1 aromatic rings. The summed E-state index contributed by atoms with van der Waals surface area (Å²) in [7, 11) is 1.83. The Morgan fingerprint density at radius 1 is 1.39 bits per heavy atom. The number of nitrogens with zero attached hydrogens (tertiary/aromatic N) is 1. The highest BCUT2D eigenvalue weighted by Crippen LogP contribution is 2.18. The van der Waals surface area contributed by atoms with Crippen LogP contribution in [0.5, 0.6) is 0 Å². The lowest BCUT2D eigenvalue weighted by Crippen LogP contribution is -2.29. The Hall–Kier alpha value is -1.55. The fourth-order valence-electron chi connectivity index (χ4n) is 1.87. The molecule has 0 atom stereocenters. The summed E-state index contributed by atoms with van der Waals surface area (Å²) in [6.07, 6.45) is 3.34. The van der Waals surface area contributed by atoms with E-state index in [9.17, 15) is 4.79 Å². The molecule has 4 heteroatoms. The molecule has 0 saturated heterocycles. The average Bonchev–Trinajstić information content (AvgIpc) is 2.38. The monoisotopic (exact) mass is 249 g/mol. The minimum absolute atomic E-state index is 0.0164. The van der Waals surface area contributed by atoms with Crippen LogP contribution in [0, 0.1) is 6.92 Å². The lowest BCUT2D eigenvalue weighted by molar-refractivity contribution is 0.0793. The third-order valence-corrected chi connectivity index (χ3v) is 3.00. The molecular formula is C14H23N3O. The number of nitrogen functional groups attached to an aromatic ring is 1. The molecule has 0 aliphatic rings. The Morgan fingerprint density at radius 3 is 2.72 bits per heavy atom. The van der Waals surface area contributed by atoms with E-state index in [1.54, 1.807) is 4.90 Å². The first-order valence-electron chi connectivity index (χ1n) is 6.42. The summed E-state index contributed by atoms with van der Waals surface area (Å²) >= 11 is 0. The van der Waals surface area contributed by atoms with Crippen LogP contribution in [0.15, 0.2) is 18.2 Å². The number of unbranched alkanes of at least 4 members (excludes halogenated alkanes) is 2. The highest BCUT2D eigenvalue weighted by Gasteiger charge is 2.15. The van der Waals surface area contributed by atoms with Crippen molar-refractivity contribution in [3.63, 3.8) is 0 Å². The van der Waals surface area contributed by atoms with Gasteiger partial charge in [-0.15, -0.1) is 0 Å². The van der Waals surface area contributed by atoms with Crippen molar-refractivity contribution in [3.8, 4) is 0 Å². The molecule has 100 valence electrons. The van der Waals surface area contributed by atoms with E-state index in [1.807, 2.05) is 32.2 Å².